The van der Waals surface area contributed by atoms with Crippen molar-refractivity contribution in [3.05, 3.63) is 18.5 Å². The third kappa shape index (κ3) is 3.12. The van der Waals surface area contributed by atoms with Crippen LogP contribution in [0.1, 0.15) is 78.1 Å². The van der Waals surface area contributed by atoms with Gasteiger partial charge in [0, 0.05) is 18.3 Å². The van der Waals surface area contributed by atoms with Crippen molar-refractivity contribution in [3.8, 4) is 0 Å². The van der Waals surface area contributed by atoms with Crippen molar-refractivity contribution >= 4 is 5.78 Å². The molecular weight excluding hydrogens is 360 g/mol. The molecule has 1 heterocycles. The summed E-state index contributed by atoms with van der Waals surface area (Å²) in [6.45, 7) is 5.44. The van der Waals surface area contributed by atoms with Gasteiger partial charge < -0.3 is 5.11 Å². The Hall–Kier alpha value is -1.16. The number of nitrogens with zero attached hydrogens (tertiary/aromatic N) is 2. The van der Waals surface area contributed by atoms with E-state index in [1.807, 2.05) is 12.3 Å². The quantitative estimate of drug-likeness (QED) is 0.791. The average Bonchev–Trinajstić information content (AvgIpc) is 3.20. The lowest BCUT2D eigenvalue weighted by Crippen LogP contribution is -2.57. The van der Waals surface area contributed by atoms with Gasteiger partial charge in [-0.05, 0) is 98.4 Å². The van der Waals surface area contributed by atoms with Gasteiger partial charge in [-0.3, -0.25) is 9.48 Å². The standard InChI is InChI=1S/C25H38N2O2/c1-24-11-9-18(28)15-17(24)7-8-19-20-5-3-6-22(25(20,2)12-10-21(19)24)23(29)16-27-14-4-13-26-27/h4,13-14,17-22,28H,3,5-12,15-16H2,1-2H3/t17?,18-,19+,20+,21+,22-,24+,25+/m1/s1. The lowest BCUT2D eigenvalue weighted by Gasteiger charge is -2.63. The Bertz CT molecular complexity index is 746. The number of ketones is 1. The fourth-order valence-electron chi connectivity index (χ4n) is 8.62. The third-order valence-electron chi connectivity index (χ3n) is 10.1. The smallest absolute Gasteiger partial charge is 0.157 e. The fraction of sp³-hybridized carbons (Fsp3) is 0.840. The van der Waals surface area contributed by atoms with Crippen molar-refractivity contribution in [1.29, 1.82) is 0 Å². The summed E-state index contributed by atoms with van der Waals surface area (Å²) in [5, 5.41) is 14.5. The number of carbonyl (C=O) groups is 1. The molecular formula is C25H38N2O2. The number of aliphatic hydroxyl groups excluding tert-OH is 1. The molecule has 5 rings (SSSR count). The van der Waals surface area contributed by atoms with Crippen molar-refractivity contribution in [2.75, 3.05) is 0 Å². The minimum atomic E-state index is -0.0718. The molecule has 8 atom stereocenters. The van der Waals surface area contributed by atoms with Gasteiger partial charge in [0.05, 0.1) is 12.6 Å². The molecule has 0 radical (unpaired) electrons. The first-order valence-corrected chi connectivity index (χ1v) is 12.1. The number of carbonyl (C=O) groups excluding carboxylic acids is 1. The molecule has 1 N–H and O–H groups in total. The highest BCUT2D eigenvalue weighted by Crippen LogP contribution is 2.66. The highest BCUT2D eigenvalue weighted by atomic mass is 16.3. The molecule has 4 nitrogen and oxygen atoms in total. The van der Waals surface area contributed by atoms with Crippen LogP contribution in [0.5, 0.6) is 0 Å². The predicted octanol–water partition coefficient (Wildman–Crippen LogP) is 4.86. The highest BCUT2D eigenvalue weighted by molar-refractivity contribution is 5.81. The zero-order valence-corrected chi connectivity index (χ0v) is 18.2. The van der Waals surface area contributed by atoms with E-state index >= 15 is 0 Å². The molecule has 1 unspecified atom stereocenters. The minimum absolute atomic E-state index is 0.0718. The van der Waals surface area contributed by atoms with Gasteiger partial charge in [0.25, 0.3) is 0 Å². The number of fused-ring (bicyclic) bond motifs is 5. The topological polar surface area (TPSA) is 55.1 Å². The number of aliphatic hydroxyl groups is 1. The molecule has 4 heteroatoms. The second kappa shape index (κ2) is 7.21. The van der Waals surface area contributed by atoms with E-state index < -0.39 is 0 Å². The SMILES string of the molecule is C[C@]12CC[C@H]3[C@@H](CCC4C[C@H](O)CC[C@@]43C)[C@@H]1CCC[C@@H]2C(=O)Cn1cccn1. The van der Waals surface area contributed by atoms with Gasteiger partial charge in [-0.25, -0.2) is 0 Å². The molecule has 0 aliphatic heterocycles. The van der Waals surface area contributed by atoms with Gasteiger partial charge in [0.15, 0.2) is 5.78 Å². The zero-order valence-electron chi connectivity index (χ0n) is 18.2. The second-order valence-corrected chi connectivity index (χ2v) is 11.3. The molecule has 0 amide bonds. The molecule has 4 fully saturated rings. The van der Waals surface area contributed by atoms with Crippen LogP contribution in [0.2, 0.25) is 0 Å². The third-order valence-corrected chi connectivity index (χ3v) is 10.1. The summed E-state index contributed by atoms with van der Waals surface area (Å²) in [5.41, 5.74) is 0.580. The van der Waals surface area contributed by atoms with Crippen LogP contribution in [0.3, 0.4) is 0 Å². The summed E-state index contributed by atoms with van der Waals surface area (Å²) in [6.07, 6.45) is 15.5. The van der Waals surface area contributed by atoms with Crippen LogP contribution in [0, 0.1) is 40.4 Å². The first kappa shape index (κ1) is 19.8. The van der Waals surface area contributed by atoms with E-state index in [1.54, 1.807) is 10.9 Å². The molecule has 1 aromatic rings. The molecule has 0 saturated heterocycles. The number of hydrogen-bond donors (Lipinski definition) is 1. The van der Waals surface area contributed by atoms with E-state index in [-0.39, 0.29) is 17.4 Å². The lowest BCUT2D eigenvalue weighted by atomic mass is 9.41. The normalized spacial score (nSPS) is 47.0. The van der Waals surface area contributed by atoms with Gasteiger partial charge >= 0.3 is 0 Å². The van der Waals surface area contributed by atoms with Gasteiger partial charge in [-0.1, -0.05) is 20.3 Å². The summed E-state index contributed by atoms with van der Waals surface area (Å²) in [5.74, 6) is 3.59. The van der Waals surface area contributed by atoms with E-state index in [1.165, 1.54) is 44.9 Å². The van der Waals surface area contributed by atoms with Gasteiger partial charge in [0.1, 0.15) is 0 Å². The molecule has 4 aliphatic rings. The summed E-state index contributed by atoms with van der Waals surface area (Å²) in [4.78, 5) is 13.3. The maximum absolute atomic E-state index is 13.3. The van der Waals surface area contributed by atoms with Gasteiger partial charge in [-0.15, -0.1) is 0 Å². The molecule has 0 spiro atoms. The maximum atomic E-state index is 13.3. The van der Waals surface area contributed by atoms with Crippen LogP contribution < -0.4 is 0 Å². The number of aromatic nitrogens is 2. The number of Topliss-reactive ketones (excluding diaryl/α,β-unsaturated/α-hetero) is 1. The van der Waals surface area contributed by atoms with Crippen molar-refractivity contribution < 1.29 is 9.90 Å². The van der Waals surface area contributed by atoms with Crippen LogP contribution in [-0.2, 0) is 11.3 Å². The molecule has 4 saturated carbocycles. The first-order valence-electron chi connectivity index (χ1n) is 12.1. The van der Waals surface area contributed by atoms with E-state index in [4.69, 9.17) is 0 Å². The maximum Gasteiger partial charge on any atom is 0.157 e. The molecule has 0 bridgehead atoms. The Morgan fingerprint density at radius 3 is 2.66 bits per heavy atom. The minimum Gasteiger partial charge on any atom is -0.393 e. The van der Waals surface area contributed by atoms with Crippen molar-refractivity contribution in [3.63, 3.8) is 0 Å². The largest absolute Gasteiger partial charge is 0.393 e. The summed E-state index contributed by atoms with van der Waals surface area (Å²) >= 11 is 0. The van der Waals surface area contributed by atoms with E-state index in [0.29, 0.717) is 29.6 Å². The lowest BCUT2D eigenvalue weighted by molar-refractivity contribution is -0.160. The van der Waals surface area contributed by atoms with Crippen LogP contribution in [0.15, 0.2) is 18.5 Å². The predicted molar refractivity (Wildman–Crippen MR) is 113 cm³/mol. The Morgan fingerprint density at radius 1 is 1.07 bits per heavy atom. The Balaban J connectivity index is 1.38. The van der Waals surface area contributed by atoms with Crippen molar-refractivity contribution in [2.45, 2.75) is 90.7 Å². The second-order valence-electron chi connectivity index (χ2n) is 11.3. The first-order chi connectivity index (χ1) is 13.9. The Kier molecular flexibility index (Phi) is 4.92. The van der Waals surface area contributed by atoms with Crippen LogP contribution in [0.25, 0.3) is 0 Å². The monoisotopic (exact) mass is 398 g/mol. The number of hydrogen-bond acceptors (Lipinski definition) is 3. The Labute approximate surface area is 175 Å². The summed E-state index contributed by atoms with van der Waals surface area (Å²) in [7, 11) is 0. The number of rotatable bonds is 3. The summed E-state index contributed by atoms with van der Waals surface area (Å²) < 4.78 is 1.81. The van der Waals surface area contributed by atoms with E-state index in [9.17, 15) is 9.90 Å². The van der Waals surface area contributed by atoms with E-state index in [0.717, 1.165) is 31.1 Å². The summed E-state index contributed by atoms with van der Waals surface area (Å²) in [6, 6.07) is 1.91. The van der Waals surface area contributed by atoms with Crippen molar-refractivity contribution in [2.24, 2.45) is 40.4 Å². The van der Waals surface area contributed by atoms with Crippen LogP contribution >= 0.6 is 0 Å². The molecule has 1 aromatic heterocycles. The Morgan fingerprint density at radius 2 is 1.86 bits per heavy atom. The van der Waals surface area contributed by atoms with Gasteiger partial charge in [-0.2, -0.15) is 5.10 Å². The van der Waals surface area contributed by atoms with Crippen LogP contribution in [-0.4, -0.2) is 26.8 Å². The molecule has 4 aliphatic carbocycles. The average molecular weight is 399 g/mol. The van der Waals surface area contributed by atoms with Crippen molar-refractivity contribution in [1.82, 2.24) is 9.78 Å². The van der Waals surface area contributed by atoms with Gasteiger partial charge in [0.2, 0.25) is 0 Å². The zero-order chi connectivity index (χ0) is 20.2. The molecule has 160 valence electrons. The molecule has 0 aromatic carbocycles. The van der Waals surface area contributed by atoms with E-state index in [2.05, 4.69) is 18.9 Å². The highest BCUT2D eigenvalue weighted by Gasteiger charge is 2.59. The molecule has 29 heavy (non-hydrogen) atoms. The fourth-order valence-corrected chi connectivity index (χ4v) is 8.62. The van der Waals surface area contributed by atoms with Crippen LogP contribution in [0.4, 0.5) is 0 Å².